The van der Waals surface area contributed by atoms with E-state index in [-0.39, 0.29) is 18.6 Å². The van der Waals surface area contributed by atoms with Crippen LogP contribution in [0.3, 0.4) is 0 Å². The Kier molecular flexibility index (Phi) is 8.57. The number of nitrogens with one attached hydrogen (secondary N) is 1. The van der Waals surface area contributed by atoms with Gasteiger partial charge >= 0.3 is 0 Å². The lowest BCUT2D eigenvalue weighted by Gasteiger charge is -2.38. The Balaban J connectivity index is 1.28. The van der Waals surface area contributed by atoms with Crippen molar-refractivity contribution in [3.05, 3.63) is 60.1 Å². The van der Waals surface area contributed by atoms with Gasteiger partial charge in [-0.2, -0.15) is 0 Å². The molecule has 0 spiro atoms. The fourth-order valence-electron chi connectivity index (χ4n) is 5.59. The van der Waals surface area contributed by atoms with Crippen LogP contribution in [0, 0.1) is 17.2 Å². The monoisotopic (exact) mass is 534 g/mol. The normalized spacial score (nSPS) is 24.4. The molecule has 0 saturated carbocycles. The Morgan fingerprint density at radius 2 is 2.08 bits per heavy atom. The van der Waals surface area contributed by atoms with Crippen LogP contribution in [-0.4, -0.2) is 82.0 Å². The van der Waals surface area contributed by atoms with Gasteiger partial charge in [0.2, 0.25) is 0 Å². The first-order valence-electron chi connectivity index (χ1n) is 13.9. The molecular weight excluding hydrogens is 495 g/mol. The van der Waals surface area contributed by atoms with E-state index >= 15 is 0 Å². The van der Waals surface area contributed by atoms with Crippen molar-refractivity contribution in [2.45, 2.75) is 38.4 Å². The second-order valence-electron chi connectivity index (χ2n) is 10.7. The summed E-state index contributed by atoms with van der Waals surface area (Å²) in [4.78, 5) is 13.8. The third-order valence-corrected chi connectivity index (χ3v) is 8.16. The Morgan fingerprint density at radius 3 is 2.85 bits per heavy atom. The molecule has 0 aromatic carbocycles. The molecule has 39 heavy (non-hydrogen) atoms. The van der Waals surface area contributed by atoms with Crippen LogP contribution in [0.2, 0.25) is 0 Å². The molecule has 3 aliphatic rings. The summed E-state index contributed by atoms with van der Waals surface area (Å²) in [5.74, 6) is 2.49. The van der Waals surface area contributed by atoms with Gasteiger partial charge in [0.1, 0.15) is 23.6 Å². The minimum atomic E-state index is -1.02. The second-order valence-corrected chi connectivity index (χ2v) is 10.7. The minimum absolute atomic E-state index is 0.136. The number of amidine groups is 1. The molecule has 2 fully saturated rings. The van der Waals surface area contributed by atoms with E-state index in [2.05, 4.69) is 16.0 Å². The zero-order valence-corrected chi connectivity index (χ0v) is 22.8. The molecule has 2 aromatic rings. The number of imidazole rings is 1. The summed E-state index contributed by atoms with van der Waals surface area (Å²) in [5.41, 5.74) is 2.62. The molecule has 2 aromatic heterocycles. The molecule has 3 unspecified atom stereocenters. The standard InChI is InChI=1S/C30H39FN6O2/c1-21-6-7-23(18-24(21)31)27-20-39-17-15-37(27)28(32)8-9-29-33-19-26(35(29)2)25-4-3-5-30(34-25)36-13-10-22(11-14-36)12-16-38/h3-9,18-19,21-22,24,27,32,38H,10-17,20H2,1-2H3/b9-8-,32-28?. The quantitative estimate of drug-likeness (QED) is 0.408. The number of hydrogen-bond acceptors (Lipinski definition) is 6. The molecule has 5 rings (SSSR count). The predicted molar refractivity (Wildman–Crippen MR) is 152 cm³/mol. The van der Waals surface area contributed by atoms with Crippen LogP contribution < -0.4 is 4.90 Å². The van der Waals surface area contributed by atoms with Crippen molar-refractivity contribution in [2.24, 2.45) is 18.9 Å². The first-order chi connectivity index (χ1) is 18.9. The Morgan fingerprint density at radius 1 is 1.26 bits per heavy atom. The fraction of sp³-hybridized carbons (Fsp3) is 0.500. The smallest absolute Gasteiger partial charge is 0.132 e. The summed E-state index contributed by atoms with van der Waals surface area (Å²) in [6.45, 7) is 5.56. The number of morpholine rings is 1. The third-order valence-electron chi connectivity index (χ3n) is 8.16. The first-order valence-corrected chi connectivity index (χ1v) is 13.9. The highest BCUT2D eigenvalue weighted by atomic mass is 19.1. The van der Waals surface area contributed by atoms with Gasteiger partial charge in [0.25, 0.3) is 0 Å². The molecule has 0 bridgehead atoms. The number of ether oxygens (including phenoxy) is 1. The highest BCUT2D eigenvalue weighted by molar-refractivity contribution is 5.94. The van der Waals surface area contributed by atoms with E-state index in [0.717, 1.165) is 61.0 Å². The molecule has 208 valence electrons. The predicted octanol–water partition coefficient (Wildman–Crippen LogP) is 4.24. The molecule has 0 radical (unpaired) electrons. The van der Waals surface area contributed by atoms with Gasteiger partial charge in [0.15, 0.2) is 0 Å². The lowest BCUT2D eigenvalue weighted by Crippen LogP contribution is -2.49. The molecule has 1 aliphatic carbocycles. The Labute approximate surface area is 230 Å². The number of halogens is 1. The van der Waals surface area contributed by atoms with E-state index in [1.165, 1.54) is 0 Å². The number of nitrogens with zero attached hydrogens (tertiary/aromatic N) is 5. The third kappa shape index (κ3) is 6.15. The van der Waals surface area contributed by atoms with E-state index in [0.29, 0.717) is 31.5 Å². The van der Waals surface area contributed by atoms with Gasteiger partial charge in [-0.1, -0.05) is 25.1 Å². The van der Waals surface area contributed by atoms with Crippen LogP contribution in [0.15, 0.2) is 54.3 Å². The number of aliphatic hydroxyl groups excluding tert-OH is 1. The average molecular weight is 535 g/mol. The highest BCUT2D eigenvalue weighted by Crippen LogP contribution is 2.28. The summed E-state index contributed by atoms with van der Waals surface area (Å²) in [5, 5.41) is 18.0. The summed E-state index contributed by atoms with van der Waals surface area (Å²) in [6, 6.07) is 5.90. The molecule has 8 nitrogen and oxygen atoms in total. The van der Waals surface area contributed by atoms with E-state index in [4.69, 9.17) is 15.1 Å². The van der Waals surface area contributed by atoms with Gasteiger partial charge in [-0.25, -0.2) is 14.4 Å². The number of aromatic nitrogens is 3. The van der Waals surface area contributed by atoms with Crippen LogP contribution >= 0.6 is 0 Å². The van der Waals surface area contributed by atoms with Gasteiger partial charge in [-0.05, 0) is 61.1 Å². The molecule has 2 aliphatic heterocycles. The Hall–Kier alpha value is -3.30. The molecule has 4 heterocycles. The van der Waals surface area contributed by atoms with Crippen LogP contribution in [0.25, 0.3) is 17.5 Å². The largest absolute Gasteiger partial charge is 0.396 e. The van der Waals surface area contributed by atoms with E-state index < -0.39 is 6.17 Å². The van der Waals surface area contributed by atoms with E-state index in [1.54, 1.807) is 12.2 Å². The first kappa shape index (κ1) is 27.3. The fourth-order valence-corrected chi connectivity index (χ4v) is 5.59. The zero-order valence-electron chi connectivity index (χ0n) is 22.8. The lowest BCUT2D eigenvalue weighted by atomic mass is 9.92. The maximum absolute atomic E-state index is 14.4. The number of aliphatic hydroxyl groups is 1. The SMILES string of the molecule is CC1C=CC(C2COCCN2C(=N)/C=C\c2ncc(-c3cccc(N4CCC(CCO)CC4)n3)n2C)=CC1F. The number of allylic oxidation sites excluding steroid dienone is 2. The number of piperidine rings is 1. The summed E-state index contributed by atoms with van der Waals surface area (Å²) in [7, 11) is 1.96. The van der Waals surface area contributed by atoms with Crippen LogP contribution in [-0.2, 0) is 11.8 Å². The van der Waals surface area contributed by atoms with Crippen molar-refractivity contribution in [1.29, 1.82) is 5.41 Å². The number of hydrogen-bond donors (Lipinski definition) is 2. The van der Waals surface area contributed by atoms with Crippen LogP contribution in [0.1, 0.15) is 32.0 Å². The van der Waals surface area contributed by atoms with Crippen molar-refractivity contribution in [3.63, 3.8) is 0 Å². The van der Waals surface area contributed by atoms with Crippen molar-refractivity contribution in [1.82, 2.24) is 19.4 Å². The van der Waals surface area contributed by atoms with Crippen molar-refractivity contribution in [3.8, 4) is 11.4 Å². The molecule has 0 amide bonds. The van der Waals surface area contributed by atoms with Crippen molar-refractivity contribution >= 4 is 17.7 Å². The van der Waals surface area contributed by atoms with Crippen molar-refractivity contribution < 1.29 is 14.2 Å². The molecule has 9 heteroatoms. The zero-order chi connectivity index (χ0) is 27.4. The maximum atomic E-state index is 14.4. The van der Waals surface area contributed by atoms with Gasteiger partial charge in [0.05, 0.1) is 36.8 Å². The van der Waals surface area contributed by atoms with E-state index in [9.17, 15) is 9.50 Å². The summed E-state index contributed by atoms with van der Waals surface area (Å²) >= 11 is 0. The van der Waals surface area contributed by atoms with Gasteiger partial charge < -0.3 is 24.2 Å². The topological polar surface area (TPSA) is 90.5 Å². The molecule has 2 saturated heterocycles. The van der Waals surface area contributed by atoms with Crippen LogP contribution in [0.5, 0.6) is 0 Å². The lowest BCUT2D eigenvalue weighted by molar-refractivity contribution is 0.0399. The highest BCUT2D eigenvalue weighted by Gasteiger charge is 2.29. The number of rotatable bonds is 7. The molecule has 2 N–H and O–H groups in total. The Bertz CT molecular complexity index is 1250. The average Bonchev–Trinajstić information content (AvgIpc) is 3.34. The van der Waals surface area contributed by atoms with Crippen LogP contribution in [0.4, 0.5) is 10.2 Å². The molecule has 3 atom stereocenters. The van der Waals surface area contributed by atoms with Gasteiger partial charge in [-0.15, -0.1) is 0 Å². The number of anilines is 1. The van der Waals surface area contributed by atoms with Gasteiger partial charge in [0, 0.05) is 39.2 Å². The van der Waals surface area contributed by atoms with Crippen molar-refractivity contribution in [2.75, 3.05) is 44.4 Å². The maximum Gasteiger partial charge on any atom is 0.132 e. The number of alkyl halides is 1. The summed E-state index contributed by atoms with van der Waals surface area (Å²) in [6.07, 6.45) is 13.0. The molecular formula is C30H39FN6O2. The minimum Gasteiger partial charge on any atom is -0.396 e. The van der Waals surface area contributed by atoms with E-state index in [1.807, 2.05) is 60.0 Å². The summed E-state index contributed by atoms with van der Waals surface area (Å²) < 4.78 is 22.0. The van der Waals surface area contributed by atoms with Gasteiger partial charge in [-0.3, -0.25) is 5.41 Å². The second kappa shape index (κ2) is 12.3. The number of pyridine rings is 1.